The van der Waals surface area contributed by atoms with Gasteiger partial charge in [-0.3, -0.25) is 4.79 Å². The first-order valence-electron chi connectivity index (χ1n) is 11.4. The molecule has 2 atom stereocenters. The van der Waals surface area contributed by atoms with Gasteiger partial charge in [-0.15, -0.1) is 5.10 Å². The smallest absolute Gasteiger partial charge is 0.225 e. The van der Waals surface area contributed by atoms with Crippen LogP contribution in [-0.2, 0) is 10.2 Å². The van der Waals surface area contributed by atoms with Crippen LogP contribution < -0.4 is 10.6 Å². The number of carbonyl (C=O) groups excluding carboxylic acids is 1. The van der Waals surface area contributed by atoms with E-state index in [-0.39, 0.29) is 34.4 Å². The van der Waals surface area contributed by atoms with Gasteiger partial charge in [0.2, 0.25) is 11.9 Å². The van der Waals surface area contributed by atoms with Crippen LogP contribution in [0.4, 0.5) is 14.7 Å². The van der Waals surface area contributed by atoms with Gasteiger partial charge in [0.25, 0.3) is 0 Å². The van der Waals surface area contributed by atoms with E-state index in [1.54, 1.807) is 12.3 Å². The van der Waals surface area contributed by atoms with Crippen LogP contribution >= 0.6 is 0 Å². The SMILES string of the molecule is CC1(C)[C@H]2CC[C@]1(c1ccnc(N3CC(C(N)=O)C3)n1)c1nnc(-c3c(F)cccc3F)cc12. The van der Waals surface area contributed by atoms with Crippen molar-refractivity contribution in [1.29, 1.82) is 0 Å². The predicted molar refractivity (Wildman–Crippen MR) is 121 cm³/mol. The zero-order chi connectivity index (χ0) is 23.8. The standard InChI is InChI=1S/C25H24F2N6O/c1-24(2)15-6-8-25(24,19-7-9-29-23(30-19)33-11-13(12-33)22(28)34)21-14(15)10-18(31-32-21)20-16(26)4-3-5-17(20)27/h3-5,7,9-10,13,15H,6,8,11-12H2,1-2H3,(H2,28,34)/t15-,25-/m0/s1. The second-order valence-electron chi connectivity index (χ2n) is 10.1. The van der Waals surface area contributed by atoms with E-state index in [0.717, 1.165) is 29.8 Å². The van der Waals surface area contributed by atoms with Crippen molar-refractivity contribution in [3.8, 4) is 11.3 Å². The summed E-state index contributed by atoms with van der Waals surface area (Å²) in [4.78, 5) is 22.7. The topological polar surface area (TPSA) is 97.9 Å². The van der Waals surface area contributed by atoms with E-state index in [2.05, 4.69) is 29.0 Å². The molecule has 2 aromatic heterocycles. The zero-order valence-corrected chi connectivity index (χ0v) is 18.9. The molecule has 3 aromatic rings. The molecule has 1 saturated carbocycles. The number of nitrogens with zero attached hydrogens (tertiary/aromatic N) is 5. The molecule has 3 heterocycles. The Morgan fingerprint density at radius 2 is 1.88 bits per heavy atom. The number of rotatable bonds is 4. The summed E-state index contributed by atoms with van der Waals surface area (Å²) in [6.45, 7) is 5.41. The van der Waals surface area contributed by atoms with Gasteiger partial charge >= 0.3 is 0 Å². The number of amides is 1. The van der Waals surface area contributed by atoms with E-state index in [1.807, 2.05) is 11.0 Å². The molecule has 1 amide bonds. The van der Waals surface area contributed by atoms with Crippen LogP contribution in [0, 0.1) is 23.0 Å². The van der Waals surface area contributed by atoms with Crippen molar-refractivity contribution in [2.45, 2.75) is 38.0 Å². The molecule has 2 aliphatic carbocycles. The largest absolute Gasteiger partial charge is 0.369 e. The van der Waals surface area contributed by atoms with Gasteiger partial charge in [-0.2, -0.15) is 5.10 Å². The van der Waals surface area contributed by atoms with Crippen LogP contribution in [-0.4, -0.2) is 39.2 Å². The van der Waals surface area contributed by atoms with Crippen molar-refractivity contribution >= 4 is 11.9 Å². The number of anilines is 1. The fourth-order valence-electron chi connectivity index (χ4n) is 6.32. The number of carbonyl (C=O) groups is 1. The molecule has 2 N–H and O–H groups in total. The number of fused-ring (bicyclic) bond motifs is 5. The summed E-state index contributed by atoms with van der Waals surface area (Å²) in [5.41, 5.74) is 7.38. The fourth-order valence-corrected chi connectivity index (χ4v) is 6.32. The first-order chi connectivity index (χ1) is 16.2. The number of hydrogen-bond acceptors (Lipinski definition) is 6. The Morgan fingerprint density at radius 3 is 2.59 bits per heavy atom. The van der Waals surface area contributed by atoms with Crippen LogP contribution in [0.5, 0.6) is 0 Å². The highest BCUT2D eigenvalue weighted by Gasteiger charge is 2.65. The second kappa shape index (κ2) is 7.01. The molecule has 0 radical (unpaired) electrons. The lowest BCUT2D eigenvalue weighted by Gasteiger charge is -2.40. The maximum atomic E-state index is 14.4. The van der Waals surface area contributed by atoms with Crippen LogP contribution in [0.15, 0.2) is 36.5 Å². The lowest BCUT2D eigenvalue weighted by molar-refractivity contribution is -0.122. The van der Waals surface area contributed by atoms with E-state index in [0.29, 0.717) is 19.0 Å². The highest BCUT2D eigenvalue weighted by molar-refractivity contribution is 5.79. The molecule has 2 fully saturated rings. The van der Waals surface area contributed by atoms with Crippen molar-refractivity contribution in [3.05, 3.63) is 65.1 Å². The van der Waals surface area contributed by atoms with E-state index in [1.165, 1.54) is 18.2 Å². The van der Waals surface area contributed by atoms with E-state index in [9.17, 15) is 13.6 Å². The van der Waals surface area contributed by atoms with Gasteiger partial charge in [0, 0.05) is 19.3 Å². The molecule has 3 aliphatic rings. The average Bonchev–Trinajstić information content (AvgIpc) is 3.14. The summed E-state index contributed by atoms with van der Waals surface area (Å²) in [6, 6.07) is 7.51. The van der Waals surface area contributed by atoms with Gasteiger partial charge in [0.1, 0.15) is 11.6 Å². The van der Waals surface area contributed by atoms with E-state index < -0.39 is 17.0 Å². The average molecular weight is 463 g/mol. The number of primary amides is 1. The number of aromatic nitrogens is 4. The predicted octanol–water partition coefficient (Wildman–Crippen LogP) is 3.34. The summed E-state index contributed by atoms with van der Waals surface area (Å²) in [6.07, 6.45) is 3.50. The molecular formula is C25H24F2N6O. The third-order valence-electron chi connectivity index (χ3n) is 8.25. The third-order valence-corrected chi connectivity index (χ3v) is 8.25. The van der Waals surface area contributed by atoms with Crippen molar-refractivity contribution in [2.75, 3.05) is 18.0 Å². The zero-order valence-electron chi connectivity index (χ0n) is 18.9. The normalized spacial score (nSPS) is 24.7. The first-order valence-corrected chi connectivity index (χ1v) is 11.4. The van der Waals surface area contributed by atoms with E-state index in [4.69, 9.17) is 10.7 Å². The highest BCUT2D eigenvalue weighted by Crippen LogP contribution is 2.69. The maximum Gasteiger partial charge on any atom is 0.225 e. The Kier molecular flexibility index (Phi) is 4.34. The lowest BCUT2D eigenvalue weighted by atomic mass is 9.66. The van der Waals surface area contributed by atoms with Crippen LogP contribution in [0.1, 0.15) is 49.6 Å². The van der Waals surface area contributed by atoms with Crippen molar-refractivity contribution in [2.24, 2.45) is 17.1 Å². The Labute approximate surface area is 195 Å². The Balaban J connectivity index is 1.44. The lowest BCUT2D eigenvalue weighted by Crippen LogP contribution is -2.53. The molecule has 34 heavy (non-hydrogen) atoms. The molecule has 0 spiro atoms. The number of benzene rings is 1. The maximum absolute atomic E-state index is 14.4. The second-order valence-corrected chi connectivity index (χ2v) is 10.1. The molecule has 1 saturated heterocycles. The van der Waals surface area contributed by atoms with Gasteiger partial charge in [0.05, 0.1) is 34.0 Å². The fraction of sp³-hybridized carbons (Fsp3) is 0.400. The summed E-state index contributed by atoms with van der Waals surface area (Å²) < 4.78 is 28.9. The molecule has 1 aliphatic heterocycles. The number of hydrogen-bond donors (Lipinski definition) is 1. The summed E-state index contributed by atoms with van der Waals surface area (Å²) >= 11 is 0. The minimum Gasteiger partial charge on any atom is -0.369 e. The molecule has 174 valence electrons. The van der Waals surface area contributed by atoms with E-state index >= 15 is 0 Å². The molecule has 6 rings (SSSR count). The monoisotopic (exact) mass is 462 g/mol. The minimum atomic E-state index is -0.657. The quantitative estimate of drug-likeness (QED) is 0.639. The van der Waals surface area contributed by atoms with Gasteiger partial charge in [-0.1, -0.05) is 19.9 Å². The van der Waals surface area contributed by atoms with Crippen molar-refractivity contribution in [3.63, 3.8) is 0 Å². The number of halogens is 2. The summed E-state index contributed by atoms with van der Waals surface area (Å²) in [7, 11) is 0. The molecule has 0 unspecified atom stereocenters. The third kappa shape index (κ3) is 2.63. The molecular weight excluding hydrogens is 438 g/mol. The van der Waals surface area contributed by atoms with Gasteiger partial charge < -0.3 is 10.6 Å². The Morgan fingerprint density at radius 1 is 1.15 bits per heavy atom. The first kappa shape index (κ1) is 21.1. The Hall–Kier alpha value is -3.49. The summed E-state index contributed by atoms with van der Waals surface area (Å²) in [5, 5.41) is 8.85. The molecule has 1 aromatic carbocycles. The van der Waals surface area contributed by atoms with Crippen molar-refractivity contribution in [1.82, 2.24) is 20.2 Å². The van der Waals surface area contributed by atoms with Crippen LogP contribution in [0.25, 0.3) is 11.3 Å². The van der Waals surface area contributed by atoms with Crippen LogP contribution in [0.3, 0.4) is 0 Å². The van der Waals surface area contributed by atoms with Gasteiger partial charge in [-0.25, -0.2) is 18.7 Å². The minimum absolute atomic E-state index is 0.154. The van der Waals surface area contributed by atoms with Gasteiger partial charge in [-0.05, 0) is 54.0 Å². The highest BCUT2D eigenvalue weighted by atomic mass is 19.1. The van der Waals surface area contributed by atoms with Crippen molar-refractivity contribution < 1.29 is 13.6 Å². The van der Waals surface area contributed by atoms with Crippen LogP contribution in [0.2, 0.25) is 0 Å². The Bertz CT molecular complexity index is 1320. The molecule has 2 bridgehead atoms. The number of nitrogens with two attached hydrogens (primary N) is 1. The summed E-state index contributed by atoms with van der Waals surface area (Å²) in [5.74, 6) is -1.09. The molecule has 9 heteroatoms. The molecule has 7 nitrogen and oxygen atoms in total. The van der Waals surface area contributed by atoms with Gasteiger partial charge in [0.15, 0.2) is 0 Å².